The van der Waals surface area contributed by atoms with Crippen LogP contribution in [0.1, 0.15) is 5.56 Å². The molecule has 2 N–H and O–H groups in total. The van der Waals surface area contributed by atoms with Gasteiger partial charge in [-0.25, -0.2) is 0 Å². The van der Waals surface area contributed by atoms with Crippen LogP contribution < -0.4 is 10.5 Å². The molecule has 1 rings (SSSR count). The summed E-state index contributed by atoms with van der Waals surface area (Å²) in [5.41, 5.74) is 6.64. The van der Waals surface area contributed by atoms with Crippen LogP contribution in [0.15, 0.2) is 12.1 Å². The van der Waals surface area contributed by atoms with E-state index < -0.39 is 0 Å². The zero-order valence-electron chi connectivity index (χ0n) is 6.60. The van der Waals surface area contributed by atoms with E-state index in [9.17, 15) is 0 Å². The highest BCUT2D eigenvalue weighted by molar-refractivity contribution is 6.33. The van der Waals surface area contributed by atoms with Gasteiger partial charge in [0.1, 0.15) is 5.75 Å². The number of hydrogen-bond acceptors (Lipinski definition) is 2. The van der Waals surface area contributed by atoms with Gasteiger partial charge in [0.25, 0.3) is 0 Å². The van der Waals surface area contributed by atoms with Crippen LogP contribution in [-0.2, 0) is 0 Å². The summed E-state index contributed by atoms with van der Waals surface area (Å²) in [5.74, 6) is 2.92. The summed E-state index contributed by atoms with van der Waals surface area (Å²) in [6.45, 7) is 0. The molecule has 0 aliphatic heterocycles. The van der Waals surface area contributed by atoms with Crippen molar-refractivity contribution in [3.05, 3.63) is 22.7 Å². The van der Waals surface area contributed by atoms with Gasteiger partial charge in [-0.05, 0) is 6.07 Å². The Morgan fingerprint density at radius 2 is 2.25 bits per heavy atom. The molecule has 0 aliphatic carbocycles. The molecule has 0 radical (unpaired) electrons. The Bertz CT molecular complexity index is 341. The van der Waals surface area contributed by atoms with Crippen molar-refractivity contribution in [2.75, 3.05) is 12.8 Å². The standard InChI is InChI=1S/C9H8ClNO/c1-3-6-4-7(11)5-8(12-2)9(6)10/h1,4-5H,11H2,2H3. The maximum atomic E-state index is 5.86. The van der Waals surface area contributed by atoms with Gasteiger partial charge in [0.05, 0.1) is 12.1 Å². The van der Waals surface area contributed by atoms with Gasteiger partial charge < -0.3 is 10.5 Å². The number of methoxy groups -OCH3 is 1. The molecule has 2 nitrogen and oxygen atoms in total. The van der Waals surface area contributed by atoms with E-state index in [4.69, 9.17) is 28.5 Å². The first-order chi connectivity index (χ1) is 5.69. The third-order valence-corrected chi connectivity index (χ3v) is 1.83. The molecular weight excluding hydrogens is 174 g/mol. The van der Waals surface area contributed by atoms with Gasteiger partial charge in [0, 0.05) is 17.3 Å². The minimum atomic E-state index is 0.425. The maximum absolute atomic E-state index is 5.86. The highest BCUT2D eigenvalue weighted by atomic mass is 35.5. The molecule has 0 spiro atoms. The summed E-state index contributed by atoms with van der Waals surface area (Å²) in [6.07, 6.45) is 5.20. The van der Waals surface area contributed by atoms with Crippen molar-refractivity contribution in [3.8, 4) is 18.1 Å². The molecule has 0 atom stereocenters. The number of hydrogen-bond donors (Lipinski definition) is 1. The molecule has 0 saturated heterocycles. The molecule has 0 aliphatic rings. The lowest BCUT2D eigenvalue weighted by molar-refractivity contribution is 0.415. The van der Waals surface area contributed by atoms with Crippen LogP contribution in [-0.4, -0.2) is 7.11 Å². The third kappa shape index (κ3) is 1.46. The number of terminal acetylenes is 1. The highest BCUT2D eigenvalue weighted by Gasteiger charge is 2.05. The molecule has 1 aromatic carbocycles. The van der Waals surface area contributed by atoms with Crippen LogP contribution >= 0.6 is 11.6 Å². The predicted molar refractivity (Wildman–Crippen MR) is 50.4 cm³/mol. The lowest BCUT2D eigenvalue weighted by Gasteiger charge is -2.05. The molecule has 0 fully saturated rings. The van der Waals surface area contributed by atoms with E-state index >= 15 is 0 Å². The number of anilines is 1. The Hall–Kier alpha value is -1.33. The second-order valence-corrected chi connectivity index (χ2v) is 2.61. The molecule has 0 amide bonds. The van der Waals surface area contributed by atoms with Gasteiger partial charge in [0.2, 0.25) is 0 Å². The Labute approximate surface area is 76.3 Å². The first-order valence-electron chi connectivity index (χ1n) is 3.28. The maximum Gasteiger partial charge on any atom is 0.140 e. The zero-order valence-corrected chi connectivity index (χ0v) is 7.35. The number of nitrogen functional groups attached to an aromatic ring is 1. The summed E-state index contributed by atoms with van der Waals surface area (Å²) in [6, 6.07) is 3.26. The molecule has 0 heterocycles. The molecule has 12 heavy (non-hydrogen) atoms. The van der Waals surface area contributed by atoms with Gasteiger partial charge in [-0.2, -0.15) is 0 Å². The van der Waals surface area contributed by atoms with E-state index in [2.05, 4.69) is 5.92 Å². The van der Waals surface area contributed by atoms with E-state index in [-0.39, 0.29) is 0 Å². The van der Waals surface area contributed by atoms with Gasteiger partial charge >= 0.3 is 0 Å². The van der Waals surface area contributed by atoms with Gasteiger partial charge in [-0.1, -0.05) is 17.5 Å². The molecule has 62 valence electrons. The van der Waals surface area contributed by atoms with Gasteiger partial charge in [-0.15, -0.1) is 6.42 Å². The minimum Gasteiger partial charge on any atom is -0.495 e. The second kappa shape index (κ2) is 3.38. The number of halogens is 1. The largest absolute Gasteiger partial charge is 0.495 e. The number of benzene rings is 1. The summed E-state index contributed by atoms with van der Waals surface area (Å²) < 4.78 is 4.96. The quantitative estimate of drug-likeness (QED) is 0.531. The number of rotatable bonds is 1. The van der Waals surface area contributed by atoms with Gasteiger partial charge in [-0.3, -0.25) is 0 Å². The number of ether oxygens (including phenoxy) is 1. The van der Waals surface area contributed by atoms with E-state index in [1.165, 1.54) is 7.11 Å². The molecule has 0 aromatic heterocycles. The number of nitrogens with two attached hydrogens (primary N) is 1. The lowest BCUT2D eigenvalue weighted by atomic mass is 10.2. The van der Waals surface area contributed by atoms with Crippen LogP contribution in [0.2, 0.25) is 5.02 Å². The van der Waals surface area contributed by atoms with Crippen molar-refractivity contribution >= 4 is 17.3 Å². The molecule has 0 bridgehead atoms. The fourth-order valence-corrected chi connectivity index (χ4v) is 1.11. The topological polar surface area (TPSA) is 35.2 Å². The summed E-state index contributed by atoms with van der Waals surface area (Å²) in [7, 11) is 1.51. The van der Waals surface area contributed by atoms with Crippen molar-refractivity contribution in [2.45, 2.75) is 0 Å². The Morgan fingerprint density at radius 3 is 2.75 bits per heavy atom. The Kier molecular flexibility index (Phi) is 2.47. The average Bonchev–Trinajstić information content (AvgIpc) is 2.08. The van der Waals surface area contributed by atoms with E-state index in [1.807, 2.05) is 0 Å². The molecule has 0 unspecified atom stereocenters. The summed E-state index contributed by atoms with van der Waals surface area (Å²) in [4.78, 5) is 0. The van der Waals surface area contributed by atoms with Crippen molar-refractivity contribution in [3.63, 3.8) is 0 Å². The van der Waals surface area contributed by atoms with Gasteiger partial charge in [0.15, 0.2) is 0 Å². The monoisotopic (exact) mass is 181 g/mol. The highest BCUT2D eigenvalue weighted by Crippen LogP contribution is 2.30. The molecule has 0 saturated carbocycles. The second-order valence-electron chi connectivity index (χ2n) is 2.23. The predicted octanol–water partition coefficient (Wildman–Crippen LogP) is 1.91. The van der Waals surface area contributed by atoms with E-state index in [1.54, 1.807) is 12.1 Å². The molecule has 3 heteroatoms. The fourth-order valence-electron chi connectivity index (χ4n) is 0.873. The smallest absolute Gasteiger partial charge is 0.140 e. The van der Waals surface area contributed by atoms with Crippen LogP contribution in [0.4, 0.5) is 5.69 Å². The minimum absolute atomic E-state index is 0.425. The van der Waals surface area contributed by atoms with Crippen molar-refractivity contribution in [2.24, 2.45) is 0 Å². The first-order valence-corrected chi connectivity index (χ1v) is 3.66. The Morgan fingerprint density at radius 1 is 1.58 bits per heavy atom. The lowest BCUT2D eigenvalue weighted by Crippen LogP contribution is -1.91. The van der Waals surface area contributed by atoms with E-state index in [0.717, 1.165) is 0 Å². The van der Waals surface area contributed by atoms with Crippen molar-refractivity contribution in [1.82, 2.24) is 0 Å². The van der Waals surface area contributed by atoms with Crippen LogP contribution in [0, 0.1) is 12.3 Å². The summed E-state index contributed by atoms with van der Waals surface area (Å²) >= 11 is 5.86. The van der Waals surface area contributed by atoms with E-state index in [0.29, 0.717) is 22.0 Å². The molecular formula is C9H8ClNO. The van der Waals surface area contributed by atoms with Crippen LogP contribution in [0.5, 0.6) is 5.75 Å². The normalized spacial score (nSPS) is 9.08. The Balaban J connectivity index is 3.34. The fraction of sp³-hybridized carbons (Fsp3) is 0.111. The summed E-state index contributed by atoms with van der Waals surface area (Å²) in [5, 5.41) is 0.425. The molecule has 1 aromatic rings. The van der Waals surface area contributed by atoms with Crippen molar-refractivity contribution in [1.29, 1.82) is 0 Å². The average molecular weight is 182 g/mol. The third-order valence-electron chi connectivity index (χ3n) is 1.44. The first kappa shape index (κ1) is 8.76. The van der Waals surface area contributed by atoms with Crippen LogP contribution in [0.25, 0.3) is 0 Å². The van der Waals surface area contributed by atoms with Crippen LogP contribution in [0.3, 0.4) is 0 Å². The zero-order chi connectivity index (χ0) is 9.14. The van der Waals surface area contributed by atoms with Crippen molar-refractivity contribution < 1.29 is 4.74 Å². The SMILES string of the molecule is C#Cc1cc(N)cc(OC)c1Cl.